The standard InChI is InChI=1S/C19H21FN2O2/c1-13-9-14(2)11-18(10-13)22(15(3)23)8-7-19(24)21-17-6-4-5-16(20)12-17/h4-6,9-12H,7-8H2,1-3H3,(H,21,24). The average molecular weight is 328 g/mol. The van der Waals surface area contributed by atoms with Crippen LogP contribution in [-0.2, 0) is 9.59 Å². The maximum absolute atomic E-state index is 13.1. The Balaban J connectivity index is 2.03. The van der Waals surface area contributed by atoms with Crippen molar-refractivity contribution in [2.24, 2.45) is 0 Å². The van der Waals surface area contributed by atoms with Crippen molar-refractivity contribution in [3.8, 4) is 0 Å². The molecule has 2 amide bonds. The Morgan fingerprint density at radius 2 is 1.75 bits per heavy atom. The van der Waals surface area contributed by atoms with Gasteiger partial charge in [-0.15, -0.1) is 0 Å². The van der Waals surface area contributed by atoms with Gasteiger partial charge in [-0.25, -0.2) is 4.39 Å². The lowest BCUT2D eigenvalue weighted by Crippen LogP contribution is -2.32. The van der Waals surface area contributed by atoms with Gasteiger partial charge in [0.2, 0.25) is 11.8 Å². The lowest BCUT2D eigenvalue weighted by atomic mass is 10.1. The molecule has 0 aliphatic heterocycles. The van der Waals surface area contributed by atoms with E-state index in [1.165, 1.54) is 25.1 Å². The first-order valence-electron chi connectivity index (χ1n) is 7.77. The van der Waals surface area contributed by atoms with Crippen molar-refractivity contribution in [3.63, 3.8) is 0 Å². The summed E-state index contributed by atoms with van der Waals surface area (Å²) in [4.78, 5) is 25.5. The highest BCUT2D eigenvalue weighted by molar-refractivity contribution is 5.94. The minimum Gasteiger partial charge on any atom is -0.326 e. The summed E-state index contributed by atoms with van der Waals surface area (Å²) in [6.07, 6.45) is 0.128. The monoisotopic (exact) mass is 328 g/mol. The van der Waals surface area contributed by atoms with Gasteiger partial charge in [0.05, 0.1) is 0 Å². The highest BCUT2D eigenvalue weighted by atomic mass is 19.1. The molecule has 0 saturated heterocycles. The van der Waals surface area contributed by atoms with Gasteiger partial charge in [-0.3, -0.25) is 9.59 Å². The molecule has 2 rings (SSSR count). The first-order chi connectivity index (χ1) is 11.3. The topological polar surface area (TPSA) is 49.4 Å². The van der Waals surface area contributed by atoms with Crippen LogP contribution in [0.1, 0.15) is 24.5 Å². The number of rotatable bonds is 5. The number of hydrogen-bond donors (Lipinski definition) is 1. The first-order valence-corrected chi connectivity index (χ1v) is 7.77. The molecule has 0 unspecified atom stereocenters. The third-order valence-electron chi connectivity index (χ3n) is 3.57. The molecular weight excluding hydrogens is 307 g/mol. The van der Waals surface area contributed by atoms with Crippen LogP contribution in [-0.4, -0.2) is 18.4 Å². The Morgan fingerprint density at radius 3 is 2.33 bits per heavy atom. The van der Waals surface area contributed by atoms with Gasteiger partial charge < -0.3 is 10.2 Å². The van der Waals surface area contributed by atoms with E-state index in [0.717, 1.165) is 16.8 Å². The SMILES string of the molecule is CC(=O)N(CCC(=O)Nc1cccc(F)c1)c1cc(C)cc(C)c1. The van der Waals surface area contributed by atoms with E-state index in [1.54, 1.807) is 11.0 Å². The van der Waals surface area contributed by atoms with Gasteiger partial charge in [0.25, 0.3) is 0 Å². The lowest BCUT2D eigenvalue weighted by Gasteiger charge is -2.22. The minimum atomic E-state index is -0.409. The molecule has 5 heteroatoms. The van der Waals surface area contributed by atoms with Gasteiger partial charge in [-0.05, 0) is 55.3 Å². The third-order valence-corrected chi connectivity index (χ3v) is 3.57. The number of halogens is 1. The summed E-state index contributed by atoms with van der Waals surface area (Å²) in [6, 6.07) is 11.6. The van der Waals surface area contributed by atoms with Gasteiger partial charge in [0.15, 0.2) is 0 Å². The minimum absolute atomic E-state index is 0.126. The fourth-order valence-corrected chi connectivity index (χ4v) is 2.58. The van der Waals surface area contributed by atoms with Crippen LogP contribution in [0.5, 0.6) is 0 Å². The summed E-state index contributed by atoms with van der Waals surface area (Å²) < 4.78 is 13.1. The van der Waals surface area contributed by atoms with Crippen LogP contribution in [0.25, 0.3) is 0 Å². The number of anilines is 2. The van der Waals surface area contributed by atoms with E-state index in [1.807, 2.05) is 32.0 Å². The van der Waals surface area contributed by atoms with Crippen LogP contribution in [0.4, 0.5) is 15.8 Å². The molecule has 24 heavy (non-hydrogen) atoms. The molecule has 0 bridgehead atoms. The van der Waals surface area contributed by atoms with Crippen molar-refractivity contribution in [1.82, 2.24) is 0 Å². The zero-order valence-electron chi connectivity index (χ0n) is 14.1. The third kappa shape index (κ3) is 4.91. The fourth-order valence-electron chi connectivity index (χ4n) is 2.58. The summed E-state index contributed by atoms with van der Waals surface area (Å²) in [5.41, 5.74) is 3.29. The number of nitrogens with zero attached hydrogens (tertiary/aromatic N) is 1. The first kappa shape index (κ1) is 17.7. The van der Waals surface area contributed by atoms with Gasteiger partial charge in [-0.2, -0.15) is 0 Å². The Morgan fingerprint density at radius 1 is 1.08 bits per heavy atom. The molecule has 1 N–H and O–H groups in total. The lowest BCUT2D eigenvalue weighted by molar-refractivity contribution is -0.117. The van der Waals surface area contributed by atoms with E-state index < -0.39 is 5.82 Å². The smallest absolute Gasteiger partial charge is 0.226 e. The molecular formula is C19H21FN2O2. The normalized spacial score (nSPS) is 10.3. The van der Waals surface area contributed by atoms with Crippen molar-refractivity contribution in [1.29, 1.82) is 0 Å². The second-order valence-electron chi connectivity index (χ2n) is 5.83. The summed E-state index contributed by atoms with van der Waals surface area (Å²) in [5.74, 6) is -0.803. The molecule has 126 valence electrons. The highest BCUT2D eigenvalue weighted by Crippen LogP contribution is 2.19. The molecule has 0 aliphatic rings. The van der Waals surface area contributed by atoms with Gasteiger partial charge >= 0.3 is 0 Å². The zero-order chi connectivity index (χ0) is 17.7. The molecule has 2 aromatic rings. The van der Waals surface area contributed by atoms with Gasteiger partial charge in [0.1, 0.15) is 5.82 Å². The quantitative estimate of drug-likeness (QED) is 0.907. The van der Waals surface area contributed by atoms with Crippen LogP contribution in [0.3, 0.4) is 0 Å². The van der Waals surface area contributed by atoms with Crippen molar-refractivity contribution >= 4 is 23.2 Å². The van der Waals surface area contributed by atoms with Crippen molar-refractivity contribution in [2.75, 3.05) is 16.8 Å². The van der Waals surface area contributed by atoms with Crippen molar-refractivity contribution in [2.45, 2.75) is 27.2 Å². The van der Waals surface area contributed by atoms with Crippen LogP contribution in [0, 0.1) is 19.7 Å². The number of benzene rings is 2. The van der Waals surface area contributed by atoms with Crippen LogP contribution in [0.2, 0.25) is 0 Å². The summed E-state index contributed by atoms with van der Waals surface area (Å²) in [7, 11) is 0. The van der Waals surface area contributed by atoms with E-state index >= 15 is 0 Å². The predicted octanol–water partition coefficient (Wildman–Crippen LogP) is 3.82. The molecule has 0 fully saturated rings. The van der Waals surface area contributed by atoms with E-state index in [-0.39, 0.29) is 24.8 Å². The summed E-state index contributed by atoms with van der Waals surface area (Å²) >= 11 is 0. The van der Waals surface area contributed by atoms with Gasteiger partial charge in [-0.1, -0.05) is 12.1 Å². The molecule has 0 aliphatic carbocycles. The van der Waals surface area contributed by atoms with Crippen LogP contribution >= 0.6 is 0 Å². The molecule has 2 aromatic carbocycles. The second kappa shape index (κ2) is 7.73. The Bertz CT molecular complexity index is 739. The average Bonchev–Trinajstić information content (AvgIpc) is 2.46. The summed E-state index contributed by atoms with van der Waals surface area (Å²) in [5, 5.41) is 2.63. The summed E-state index contributed by atoms with van der Waals surface area (Å²) in [6.45, 7) is 5.67. The molecule has 0 heterocycles. The van der Waals surface area contributed by atoms with E-state index in [0.29, 0.717) is 5.69 Å². The molecule has 0 aromatic heterocycles. The number of nitrogens with one attached hydrogen (secondary N) is 1. The maximum Gasteiger partial charge on any atom is 0.226 e. The van der Waals surface area contributed by atoms with E-state index in [9.17, 15) is 14.0 Å². The Labute approximate surface area is 141 Å². The predicted molar refractivity (Wildman–Crippen MR) is 93.6 cm³/mol. The Kier molecular flexibility index (Phi) is 5.68. The van der Waals surface area contributed by atoms with E-state index in [4.69, 9.17) is 0 Å². The van der Waals surface area contributed by atoms with Crippen molar-refractivity contribution in [3.05, 3.63) is 59.4 Å². The number of carbonyl (C=O) groups is 2. The number of hydrogen-bond acceptors (Lipinski definition) is 2. The fraction of sp³-hybridized carbons (Fsp3) is 0.263. The molecule has 0 spiro atoms. The highest BCUT2D eigenvalue weighted by Gasteiger charge is 2.14. The number of aryl methyl sites for hydroxylation is 2. The largest absolute Gasteiger partial charge is 0.326 e. The second-order valence-corrected chi connectivity index (χ2v) is 5.83. The number of amides is 2. The maximum atomic E-state index is 13.1. The molecule has 0 radical (unpaired) electrons. The number of carbonyl (C=O) groups excluding carboxylic acids is 2. The van der Waals surface area contributed by atoms with Crippen LogP contribution in [0.15, 0.2) is 42.5 Å². The molecule has 0 saturated carbocycles. The molecule has 4 nitrogen and oxygen atoms in total. The van der Waals surface area contributed by atoms with Crippen LogP contribution < -0.4 is 10.2 Å². The van der Waals surface area contributed by atoms with E-state index in [2.05, 4.69) is 5.32 Å². The zero-order valence-corrected chi connectivity index (χ0v) is 14.1. The molecule has 0 atom stereocenters. The van der Waals surface area contributed by atoms with Crippen molar-refractivity contribution < 1.29 is 14.0 Å². The van der Waals surface area contributed by atoms with Gasteiger partial charge in [0, 0.05) is 31.3 Å². The Hall–Kier alpha value is -2.69.